The molecule has 2 amide bonds. The monoisotopic (exact) mass is 475 g/mol. The summed E-state index contributed by atoms with van der Waals surface area (Å²) in [6, 6.07) is 21.8. The lowest BCUT2D eigenvalue weighted by molar-refractivity contribution is -0.114. The molecule has 6 nitrogen and oxygen atoms in total. The molecule has 0 aliphatic rings. The van der Waals surface area contributed by atoms with E-state index < -0.39 is 0 Å². The number of amides is 2. The van der Waals surface area contributed by atoms with Crippen molar-refractivity contribution in [2.45, 2.75) is 6.92 Å². The number of oxazole rings is 1. The minimum atomic E-state index is -0.287. The van der Waals surface area contributed by atoms with Crippen molar-refractivity contribution in [1.29, 1.82) is 0 Å². The number of hydrogen-bond donors (Lipinski definition) is 2. The summed E-state index contributed by atoms with van der Waals surface area (Å²) in [5.74, 6) is 0.533. The number of carbonyl (C=O) groups excluding carboxylic acids is 2. The molecule has 0 fully saturated rings. The van der Waals surface area contributed by atoms with E-state index in [0.717, 1.165) is 10.0 Å². The van der Waals surface area contributed by atoms with Crippen molar-refractivity contribution in [1.82, 2.24) is 4.98 Å². The predicted octanol–water partition coefficient (Wildman–Crippen LogP) is 5.98. The van der Waals surface area contributed by atoms with Crippen molar-refractivity contribution in [3.05, 3.63) is 89.0 Å². The Morgan fingerprint density at radius 1 is 0.903 bits per heavy atom. The Bertz CT molecular complexity index is 1250. The smallest absolute Gasteiger partial charge is 0.256 e. The number of aromatic nitrogens is 1. The zero-order chi connectivity index (χ0) is 21.8. The molecule has 0 aliphatic carbocycles. The van der Waals surface area contributed by atoms with Crippen LogP contribution in [0.3, 0.4) is 0 Å². The van der Waals surface area contributed by atoms with Crippen LogP contribution in [0.25, 0.3) is 22.8 Å². The van der Waals surface area contributed by atoms with E-state index in [1.54, 1.807) is 48.7 Å². The fourth-order valence-corrected chi connectivity index (χ4v) is 3.48. The molecular formula is C24H18BrN3O3. The van der Waals surface area contributed by atoms with Gasteiger partial charge in [0.15, 0.2) is 5.76 Å². The number of nitrogens with zero attached hydrogens (tertiary/aromatic N) is 1. The van der Waals surface area contributed by atoms with Crippen LogP contribution >= 0.6 is 15.9 Å². The third kappa shape index (κ3) is 4.90. The Hall–Kier alpha value is -3.71. The van der Waals surface area contributed by atoms with Crippen molar-refractivity contribution in [2.24, 2.45) is 0 Å². The van der Waals surface area contributed by atoms with Gasteiger partial charge in [0, 0.05) is 33.9 Å². The zero-order valence-electron chi connectivity index (χ0n) is 16.6. The van der Waals surface area contributed by atoms with Gasteiger partial charge in [0.2, 0.25) is 11.8 Å². The summed E-state index contributed by atoms with van der Waals surface area (Å²) in [4.78, 5) is 28.5. The lowest BCUT2D eigenvalue weighted by Gasteiger charge is -2.09. The molecule has 7 heteroatoms. The van der Waals surface area contributed by atoms with E-state index in [-0.39, 0.29) is 11.8 Å². The summed E-state index contributed by atoms with van der Waals surface area (Å²) in [6.45, 7) is 1.44. The van der Waals surface area contributed by atoms with Crippen LogP contribution < -0.4 is 10.6 Å². The lowest BCUT2D eigenvalue weighted by atomic mass is 10.1. The highest BCUT2D eigenvalue weighted by Crippen LogP contribution is 2.30. The predicted molar refractivity (Wildman–Crippen MR) is 124 cm³/mol. The van der Waals surface area contributed by atoms with E-state index >= 15 is 0 Å². The largest absolute Gasteiger partial charge is 0.436 e. The minimum Gasteiger partial charge on any atom is -0.436 e. The number of nitrogens with one attached hydrogen (secondary N) is 2. The van der Waals surface area contributed by atoms with Gasteiger partial charge in [0.25, 0.3) is 5.91 Å². The van der Waals surface area contributed by atoms with Gasteiger partial charge in [-0.25, -0.2) is 4.98 Å². The van der Waals surface area contributed by atoms with E-state index in [0.29, 0.717) is 34.2 Å². The van der Waals surface area contributed by atoms with Gasteiger partial charge in [-0.05, 0) is 48.5 Å². The van der Waals surface area contributed by atoms with Gasteiger partial charge in [-0.3, -0.25) is 9.59 Å². The van der Waals surface area contributed by atoms with Gasteiger partial charge in [0.1, 0.15) is 0 Å². The molecule has 0 spiro atoms. The molecule has 0 radical (unpaired) electrons. The van der Waals surface area contributed by atoms with Crippen molar-refractivity contribution in [3.8, 4) is 22.8 Å². The third-order valence-corrected chi connectivity index (χ3v) is 4.97. The average molecular weight is 476 g/mol. The number of benzene rings is 3. The van der Waals surface area contributed by atoms with Gasteiger partial charge < -0.3 is 15.1 Å². The van der Waals surface area contributed by atoms with E-state index in [1.807, 2.05) is 30.3 Å². The first-order valence-corrected chi connectivity index (χ1v) is 10.3. The third-order valence-electron chi connectivity index (χ3n) is 4.48. The van der Waals surface area contributed by atoms with Crippen LogP contribution in [0, 0.1) is 0 Å². The van der Waals surface area contributed by atoms with E-state index in [2.05, 4.69) is 31.5 Å². The first-order valence-electron chi connectivity index (χ1n) is 9.50. The maximum Gasteiger partial charge on any atom is 0.256 e. The lowest BCUT2D eigenvalue weighted by Crippen LogP contribution is -2.13. The molecule has 1 aromatic heterocycles. The molecule has 4 aromatic rings. The molecule has 0 bridgehead atoms. The van der Waals surface area contributed by atoms with Crippen LogP contribution in [0.5, 0.6) is 0 Å². The Balaban J connectivity index is 1.57. The molecule has 0 saturated carbocycles. The minimum absolute atomic E-state index is 0.154. The molecule has 0 saturated heterocycles. The van der Waals surface area contributed by atoms with Crippen LogP contribution in [0.2, 0.25) is 0 Å². The maximum atomic E-state index is 12.9. The fraction of sp³-hybridized carbons (Fsp3) is 0.0417. The Morgan fingerprint density at radius 3 is 2.32 bits per heavy atom. The molecule has 0 aliphatic heterocycles. The highest BCUT2D eigenvalue weighted by atomic mass is 79.9. The van der Waals surface area contributed by atoms with Crippen LogP contribution in [0.4, 0.5) is 11.4 Å². The van der Waals surface area contributed by atoms with E-state index in [1.165, 1.54) is 6.92 Å². The van der Waals surface area contributed by atoms with Crippen molar-refractivity contribution in [2.75, 3.05) is 10.6 Å². The summed E-state index contributed by atoms with van der Waals surface area (Å²) in [7, 11) is 0. The van der Waals surface area contributed by atoms with Gasteiger partial charge in [-0.15, -0.1) is 0 Å². The van der Waals surface area contributed by atoms with Gasteiger partial charge in [-0.2, -0.15) is 0 Å². The van der Waals surface area contributed by atoms with Crippen LogP contribution in [0.15, 0.2) is 87.9 Å². The highest BCUT2D eigenvalue weighted by molar-refractivity contribution is 9.10. The number of rotatable bonds is 5. The van der Waals surface area contributed by atoms with Crippen molar-refractivity contribution < 1.29 is 14.0 Å². The molecule has 4 rings (SSSR count). The van der Waals surface area contributed by atoms with Gasteiger partial charge in [0.05, 0.1) is 11.8 Å². The second kappa shape index (κ2) is 8.97. The zero-order valence-corrected chi connectivity index (χ0v) is 18.1. The molecule has 0 atom stereocenters. The number of halogens is 1. The van der Waals surface area contributed by atoms with E-state index in [9.17, 15) is 9.59 Å². The second-order valence-electron chi connectivity index (χ2n) is 6.80. The molecule has 1 heterocycles. The second-order valence-corrected chi connectivity index (χ2v) is 7.71. The standard InChI is InChI=1S/C24H18BrN3O3/c1-15(29)27-18-9-11-19(12-10-18)28-23(30)20-7-2-3-8-21(20)24-26-14-22(31-24)16-5-4-6-17(25)13-16/h2-14H,1H3,(H,27,29)(H,28,30). The first kappa shape index (κ1) is 20.6. The topological polar surface area (TPSA) is 84.2 Å². The summed E-state index contributed by atoms with van der Waals surface area (Å²) in [5.41, 5.74) is 3.18. The quantitative estimate of drug-likeness (QED) is 0.371. The van der Waals surface area contributed by atoms with Gasteiger partial charge >= 0.3 is 0 Å². The number of carbonyl (C=O) groups is 2. The summed E-state index contributed by atoms with van der Waals surface area (Å²) in [6.07, 6.45) is 1.65. The Labute approximate surface area is 187 Å². The van der Waals surface area contributed by atoms with Crippen molar-refractivity contribution in [3.63, 3.8) is 0 Å². The summed E-state index contributed by atoms with van der Waals surface area (Å²) in [5, 5.41) is 5.56. The first-order chi connectivity index (χ1) is 15.0. The summed E-state index contributed by atoms with van der Waals surface area (Å²) >= 11 is 3.45. The van der Waals surface area contributed by atoms with Crippen LogP contribution in [-0.4, -0.2) is 16.8 Å². The number of hydrogen-bond acceptors (Lipinski definition) is 4. The maximum absolute atomic E-state index is 12.9. The molecule has 31 heavy (non-hydrogen) atoms. The van der Waals surface area contributed by atoms with Gasteiger partial charge in [-0.1, -0.05) is 40.2 Å². The molecule has 154 valence electrons. The highest BCUT2D eigenvalue weighted by Gasteiger charge is 2.17. The van der Waals surface area contributed by atoms with Crippen LogP contribution in [-0.2, 0) is 4.79 Å². The molecule has 3 aromatic carbocycles. The average Bonchev–Trinajstić information content (AvgIpc) is 3.25. The normalized spacial score (nSPS) is 10.5. The molecule has 2 N–H and O–H groups in total. The summed E-state index contributed by atoms with van der Waals surface area (Å²) < 4.78 is 6.89. The van der Waals surface area contributed by atoms with Crippen LogP contribution in [0.1, 0.15) is 17.3 Å². The Morgan fingerprint density at radius 2 is 1.61 bits per heavy atom. The van der Waals surface area contributed by atoms with E-state index in [4.69, 9.17) is 4.42 Å². The SMILES string of the molecule is CC(=O)Nc1ccc(NC(=O)c2ccccc2-c2ncc(-c3cccc(Br)c3)o2)cc1. The van der Waals surface area contributed by atoms with Crippen molar-refractivity contribution >= 4 is 39.1 Å². The number of anilines is 2. The fourth-order valence-electron chi connectivity index (χ4n) is 3.08. The molecular weight excluding hydrogens is 458 g/mol. The Kier molecular flexibility index (Phi) is 5.95. The molecule has 0 unspecified atom stereocenters.